The summed E-state index contributed by atoms with van der Waals surface area (Å²) in [5.74, 6) is -0.203. The molecule has 0 aliphatic carbocycles. The summed E-state index contributed by atoms with van der Waals surface area (Å²) in [6.07, 6.45) is 2.80. The van der Waals surface area contributed by atoms with Gasteiger partial charge in [-0.1, -0.05) is 47.4 Å². The summed E-state index contributed by atoms with van der Waals surface area (Å²) >= 11 is 2.71. The molecular weight excluding hydrogens is 459 g/mol. The van der Waals surface area contributed by atoms with E-state index in [0.29, 0.717) is 26.5 Å². The lowest BCUT2D eigenvalue weighted by atomic mass is 10.1. The number of rotatable bonds is 9. The fourth-order valence-electron chi connectivity index (χ4n) is 2.58. The van der Waals surface area contributed by atoms with Crippen molar-refractivity contribution in [3.63, 3.8) is 0 Å². The normalized spacial score (nSPS) is 11.2. The maximum atomic E-state index is 14.0. The van der Waals surface area contributed by atoms with Gasteiger partial charge in [0.05, 0.1) is 18.5 Å². The van der Waals surface area contributed by atoms with Crippen LogP contribution in [0, 0.1) is 5.82 Å². The molecule has 0 unspecified atom stereocenters. The Kier molecular flexibility index (Phi) is 7.42. The number of carbonyl (C=O) groups excluding carboxylic acids is 1. The van der Waals surface area contributed by atoms with Crippen molar-refractivity contribution in [3.05, 3.63) is 78.1 Å². The first-order valence-electron chi connectivity index (χ1n) is 8.97. The molecule has 0 spiro atoms. The molecule has 0 aliphatic heterocycles. The van der Waals surface area contributed by atoms with Gasteiger partial charge in [-0.15, -0.1) is 16.8 Å². The number of anilines is 2. The van der Waals surface area contributed by atoms with Gasteiger partial charge >= 0.3 is 0 Å². The molecule has 0 aliphatic rings. The van der Waals surface area contributed by atoms with E-state index >= 15 is 0 Å². The molecule has 0 saturated heterocycles. The molecule has 0 radical (unpaired) electrons. The number of sulfonamides is 1. The molecule has 0 atom stereocenters. The predicted octanol–water partition coefficient (Wildman–Crippen LogP) is 4.17. The van der Waals surface area contributed by atoms with Crippen molar-refractivity contribution in [3.8, 4) is 0 Å². The summed E-state index contributed by atoms with van der Waals surface area (Å²) in [6, 6.07) is 12.0. The van der Waals surface area contributed by atoms with Crippen LogP contribution >= 0.6 is 23.1 Å². The first-order chi connectivity index (χ1) is 14.8. The molecule has 2 aromatic carbocycles. The average Bonchev–Trinajstić information content (AvgIpc) is 3.18. The van der Waals surface area contributed by atoms with Crippen molar-refractivity contribution in [1.29, 1.82) is 0 Å². The topological polar surface area (TPSA) is 92.3 Å². The van der Waals surface area contributed by atoms with Crippen LogP contribution in [0.1, 0.15) is 15.9 Å². The summed E-state index contributed by atoms with van der Waals surface area (Å²) in [5, 5.41) is 10.9. The molecule has 11 heteroatoms. The van der Waals surface area contributed by atoms with Crippen molar-refractivity contribution in [1.82, 2.24) is 10.2 Å². The molecule has 162 valence electrons. The van der Waals surface area contributed by atoms with Crippen LogP contribution in [0.15, 0.2) is 65.5 Å². The van der Waals surface area contributed by atoms with Crippen molar-refractivity contribution in [2.24, 2.45) is 0 Å². The average molecular weight is 479 g/mol. The summed E-state index contributed by atoms with van der Waals surface area (Å²) < 4.78 is 40.4. The highest BCUT2D eigenvalue weighted by molar-refractivity contribution is 8.01. The molecule has 7 nitrogen and oxygen atoms in total. The smallest absolute Gasteiger partial charge is 0.257 e. The van der Waals surface area contributed by atoms with Gasteiger partial charge in [-0.3, -0.25) is 14.4 Å². The predicted molar refractivity (Wildman–Crippen MR) is 123 cm³/mol. The van der Waals surface area contributed by atoms with Crippen molar-refractivity contribution in [2.45, 2.75) is 10.9 Å². The minimum absolute atomic E-state index is 0.160. The van der Waals surface area contributed by atoms with Gasteiger partial charge in [-0.05, 0) is 30.3 Å². The molecule has 0 bridgehead atoms. The minimum atomic E-state index is -3.68. The quantitative estimate of drug-likeness (QED) is 0.282. The highest BCUT2D eigenvalue weighted by atomic mass is 32.2. The standard InChI is InChI=1S/C20H19FN4O3S3/c1-3-12-29-20-24-23-19(30-20)22-18(26)14-8-10-16(11-9-14)25(31(2,27)28)13-15-6-4-5-7-17(15)21/h3-11H,1,12-13H2,2H3,(H,22,23,26). The van der Waals surface area contributed by atoms with Gasteiger partial charge in [0.15, 0.2) is 4.34 Å². The largest absolute Gasteiger partial charge is 0.296 e. The van der Waals surface area contributed by atoms with E-state index in [1.807, 2.05) is 0 Å². The minimum Gasteiger partial charge on any atom is -0.296 e. The highest BCUT2D eigenvalue weighted by Crippen LogP contribution is 2.26. The number of amides is 1. The molecular formula is C20H19FN4O3S3. The highest BCUT2D eigenvalue weighted by Gasteiger charge is 2.20. The summed E-state index contributed by atoms with van der Waals surface area (Å²) in [7, 11) is -3.68. The number of benzene rings is 2. The summed E-state index contributed by atoms with van der Waals surface area (Å²) in [4.78, 5) is 12.5. The van der Waals surface area contributed by atoms with Gasteiger partial charge in [0, 0.05) is 16.9 Å². The van der Waals surface area contributed by atoms with Crippen LogP contribution < -0.4 is 9.62 Å². The Morgan fingerprint density at radius 2 is 1.94 bits per heavy atom. The second-order valence-electron chi connectivity index (χ2n) is 6.33. The number of carbonyl (C=O) groups is 1. The van der Waals surface area contributed by atoms with Crippen LogP contribution in [0.25, 0.3) is 0 Å². The van der Waals surface area contributed by atoms with E-state index in [1.165, 1.54) is 65.6 Å². The SMILES string of the molecule is C=CCSc1nnc(NC(=O)c2ccc(N(Cc3ccccc3F)S(C)(=O)=O)cc2)s1. The van der Waals surface area contributed by atoms with Crippen LogP contribution in [0.2, 0.25) is 0 Å². The van der Waals surface area contributed by atoms with Crippen molar-refractivity contribution in [2.75, 3.05) is 21.6 Å². The zero-order valence-electron chi connectivity index (χ0n) is 16.5. The Balaban J connectivity index is 1.75. The summed E-state index contributed by atoms with van der Waals surface area (Å²) in [5.41, 5.74) is 0.885. The van der Waals surface area contributed by atoms with Gasteiger partial charge < -0.3 is 0 Å². The molecule has 1 amide bonds. The van der Waals surface area contributed by atoms with E-state index in [9.17, 15) is 17.6 Å². The number of thioether (sulfide) groups is 1. The maximum Gasteiger partial charge on any atom is 0.257 e. The van der Waals surface area contributed by atoms with E-state index in [4.69, 9.17) is 0 Å². The lowest BCUT2D eigenvalue weighted by Gasteiger charge is -2.23. The molecule has 1 N–H and O–H groups in total. The van der Waals surface area contributed by atoms with Gasteiger partial charge in [0.25, 0.3) is 5.91 Å². The van der Waals surface area contributed by atoms with Crippen LogP contribution in [0.5, 0.6) is 0 Å². The fraction of sp³-hybridized carbons (Fsp3) is 0.150. The number of nitrogens with one attached hydrogen (secondary N) is 1. The number of halogens is 1. The Labute approximate surface area is 188 Å². The van der Waals surface area contributed by atoms with E-state index in [1.54, 1.807) is 12.1 Å². The lowest BCUT2D eigenvalue weighted by Crippen LogP contribution is -2.29. The Bertz CT molecular complexity index is 1180. The van der Waals surface area contributed by atoms with Crippen molar-refractivity contribution >= 4 is 49.8 Å². The fourth-order valence-corrected chi connectivity index (χ4v) is 4.96. The van der Waals surface area contributed by atoms with E-state index < -0.39 is 21.7 Å². The third kappa shape index (κ3) is 6.12. The Morgan fingerprint density at radius 1 is 1.23 bits per heavy atom. The summed E-state index contributed by atoms with van der Waals surface area (Å²) in [6.45, 7) is 3.48. The zero-order chi connectivity index (χ0) is 22.4. The maximum absolute atomic E-state index is 14.0. The Hall–Kier alpha value is -2.76. The van der Waals surface area contributed by atoms with E-state index in [2.05, 4.69) is 22.1 Å². The Morgan fingerprint density at radius 3 is 2.58 bits per heavy atom. The third-order valence-electron chi connectivity index (χ3n) is 4.04. The lowest BCUT2D eigenvalue weighted by molar-refractivity contribution is 0.102. The van der Waals surface area contributed by atoms with Crippen LogP contribution in [0.4, 0.5) is 15.2 Å². The number of aromatic nitrogens is 2. The molecule has 0 fully saturated rings. The van der Waals surface area contributed by atoms with Crippen molar-refractivity contribution < 1.29 is 17.6 Å². The monoisotopic (exact) mass is 478 g/mol. The van der Waals surface area contributed by atoms with E-state index in [0.717, 1.165) is 10.6 Å². The van der Waals surface area contributed by atoms with Gasteiger partial charge in [0.2, 0.25) is 15.2 Å². The van der Waals surface area contributed by atoms with Crippen LogP contribution in [0.3, 0.4) is 0 Å². The molecule has 3 aromatic rings. The van der Waals surface area contributed by atoms with E-state index in [-0.39, 0.29) is 12.1 Å². The number of nitrogens with zero attached hydrogens (tertiary/aromatic N) is 3. The number of hydrogen-bond acceptors (Lipinski definition) is 7. The zero-order valence-corrected chi connectivity index (χ0v) is 18.9. The third-order valence-corrected chi connectivity index (χ3v) is 7.15. The first-order valence-corrected chi connectivity index (χ1v) is 12.6. The molecule has 1 aromatic heterocycles. The molecule has 0 saturated carbocycles. The van der Waals surface area contributed by atoms with Crippen LogP contribution in [-0.4, -0.2) is 36.5 Å². The van der Waals surface area contributed by atoms with Gasteiger partial charge in [-0.2, -0.15) is 0 Å². The van der Waals surface area contributed by atoms with Crippen LogP contribution in [-0.2, 0) is 16.6 Å². The number of hydrogen-bond donors (Lipinski definition) is 1. The first kappa shape index (κ1) is 22.9. The molecule has 31 heavy (non-hydrogen) atoms. The molecule has 1 heterocycles. The second-order valence-corrected chi connectivity index (χ2v) is 10.5. The molecule has 3 rings (SSSR count). The van der Waals surface area contributed by atoms with Gasteiger partial charge in [0.1, 0.15) is 5.82 Å². The second kappa shape index (κ2) is 10.0. The van der Waals surface area contributed by atoms with Gasteiger partial charge in [-0.25, -0.2) is 12.8 Å².